The lowest BCUT2D eigenvalue weighted by molar-refractivity contribution is 0.353. The van der Waals surface area contributed by atoms with Crippen molar-refractivity contribution in [3.05, 3.63) is 33.8 Å². The lowest BCUT2D eigenvalue weighted by Crippen LogP contribution is -2.41. The van der Waals surface area contributed by atoms with Crippen molar-refractivity contribution in [2.24, 2.45) is 17.7 Å². The van der Waals surface area contributed by atoms with Crippen LogP contribution in [0.15, 0.2) is 18.2 Å². The number of hydrogen-bond donors (Lipinski definition) is 2. The number of hydrogen-bond acceptors (Lipinski definition) is 2. The van der Waals surface area contributed by atoms with Crippen LogP contribution in [0.2, 0.25) is 10.0 Å². The maximum absolute atomic E-state index is 6.21. The van der Waals surface area contributed by atoms with E-state index in [1.54, 1.807) is 6.07 Å². The third-order valence-corrected chi connectivity index (χ3v) is 4.56. The molecule has 100 valence electrons. The molecule has 0 amide bonds. The molecule has 1 aliphatic rings. The van der Waals surface area contributed by atoms with E-state index in [2.05, 4.69) is 12.3 Å². The van der Waals surface area contributed by atoms with E-state index < -0.39 is 0 Å². The Kier molecular flexibility index (Phi) is 4.91. The summed E-state index contributed by atoms with van der Waals surface area (Å²) >= 11 is 12.1. The molecule has 3 unspecified atom stereocenters. The van der Waals surface area contributed by atoms with Gasteiger partial charge in [0, 0.05) is 16.1 Å². The fourth-order valence-corrected chi connectivity index (χ4v) is 3.39. The van der Waals surface area contributed by atoms with E-state index in [9.17, 15) is 0 Å². The third-order valence-electron chi connectivity index (χ3n) is 3.97. The largest absolute Gasteiger partial charge is 0.271 e. The van der Waals surface area contributed by atoms with Crippen LogP contribution >= 0.6 is 23.2 Å². The highest BCUT2D eigenvalue weighted by atomic mass is 35.5. The smallest absolute Gasteiger partial charge is 0.0453 e. The molecule has 0 bridgehead atoms. The summed E-state index contributed by atoms with van der Waals surface area (Å²) in [5, 5.41) is 1.41. The summed E-state index contributed by atoms with van der Waals surface area (Å²) in [6, 6.07) is 5.97. The Morgan fingerprint density at radius 2 is 2.17 bits per heavy atom. The zero-order chi connectivity index (χ0) is 13.1. The molecule has 0 aliphatic heterocycles. The summed E-state index contributed by atoms with van der Waals surface area (Å²) in [5.41, 5.74) is 4.08. The van der Waals surface area contributed by atoms with Crippen molar-refractivity contribution in [3.63, 3.8) is 0 Å². The predicted octanol–water partition coefficient (Wildman–Crippen LogP) is 3.80. The van der Waals surface area contributed by atoms with Crippen LogP contribution in [0.5, 0.6) is 0 Å². The van der Waals surface area contributed by atoms with Gasteiger partial charge in [-0.25, -0.2) is 0 Å². The van der Waals surface area contributed by atoms with Gasteiger partial charge in [0.2, 0.25) is 0 Å². The van der Waals surface area contributed by atoms with Gasteiger partial charge in [-0.1, -0.05) is 42.6 Å². The average molecular weight is 287 g/mol. The van der Waals surface area contributed by atoms with Crippen molar-refractivity contribution in [2.75, 3.05) is 0 Å². The molecule has 1 aromatic carbocycles. The van der Waals surface area contributed by atoms with Crippen LogP contribution in [0, 0.1) is 11.8 Å². The third kappa shape index (κ3) is 3.39. The van der Waals surface area contributed by atoms with Gasteiger partial charge in [-0.05, 0) is 48.8 Å². The van der Waals surface area contributed by atoms with E-state index in [1.165, 1.54) is 19.3 Å². The van der Waals surface area contributed by atoms with Crippen LogP contribution in [0.25, 0.3) is 0 Å². The maximum Gasteiger partial charge on any atom is 0.0453 e. The number of halogens is 2. The van der Waals surface area contributed by atoms with Gasteiger partial charge in [0.25, 0.3) is 0 Å². The van der Waals surface area contributed by atoms with E-state index in [-0.39, 0.29) is 0 Å². The van der Waals surface area contributed by atoms with Crippen molar-refractivity contribution < 1.29 is 0 Å². The monoisotopic (exact) mass is 286 g/mol. The van der Waals surface area contributed by atoms with Crippen molar-refractivity contribution >= 4 is 23.2 Å². The maximum atomic E-state index is 6.21. The lowest BCUT2D eigenvalue weighted by Gasteiger charge is -2.23. The highest BCUT2D eigenvalue weighted by Gasteiger charge is 2.28. The molecule has 4 heteroatoms. The second-order valence-electron chi connectivity index (χ2n) is 5.39. The Morgan fingerprint density at radius 1 is 1.39 bits per heavy atom. The molecule has 1 aliphatic carbocycles. The molecule has 0 heterocycles. The lowest BCUT2D eigenvalue weighted by atomic mass is 9.92. The zero-order valence-electron chi connectivity index (χ0n) is 10.6. The van der Waals surface area contributed by atoms with Crippen LogP contribution in [-0.4, -0.2) is 6.04 Å². The quantitative estimate of drug-likeness (QED) is 0.653. The van der Waals surface area contributed by atoms with Crippen molar-refractivity contribution in [3.8, 4) is 0 Å². The van der Waals surface area contributed by atoms with Gasteiger partial charge in [-0.2, -0.15) is 0 Å². The number of rotatable bonds is 4. The molecular formula is C14H20Cl2N2. The van der Waals surface area contributed by atoms with E-state index >= 15 is 0 Å². The number of hydrazine groups is 1. The van der Waals surface area contributed by atoms with Gasteiger partial charge < -0.3 is 0 Å². The predicted molar refractivity (Wildman–Crippen MR) is 77.8 cm³/mol. The van der Waals surface area contributed by atoms with Gasteiger partial charge in [0.15, 0.2) is 0 Å². The first-order valence-corrected chi connectivity index (χ1v) is 7.25. The SMILES string of the molecule is CC1CCC(C(Cc2ccc(Cl)cc2Cl)NN)C1. The summed E-state index contributed by atoms with van der Waals surface area (Å²) in [6.45, 7) is 2.31. The Balaban J connectivity index is 2.05. The Labute approximate surface area is 119 Å². The average Bonchev–Trinajstić information content (AvgIpc) is 2.75. The molecule has 3 N–H and O–H groups in total. The second kappa shape index (κ2) is 6.25. The molecule has 2 nitrogen and oxygen atoms in total. The van der Waals surface area contributed by atoms with Gasteiger partial charge in [-0.3, -0.25) is 11.3 Å². The van der Waals surface area contributed by atoms with Crippen LogP contribution in [0.3, 0.4) is 0 Å². The van der Waals surface area contributed by atoms with E-state index in [0.717, 1.165) is 22.9 Å². The van der Waals surface area contributed by atoms with Crippen LogP contribution in [0.4, 0.5) is 0 Å². The van der Waals surface area contributed by atoms with Crippen LogP contribution in [0.1, 0.15) is 31.7 Å². The highest BCUT2D eigenvalue weighted by molar-refractivity contribution is 6.35. The molecule has 0 spiro atoms. The van der Waals surface area contributed by atoms with Crippen LogP contribution < -0.4 is 11.3 Å². The molecule has 0 aromatic heterocycles. The summed E-state index contributed by atoms with van der Waals surface area (Å²) in [4.78, 5) is 0. The number of nitrogens with two attached hydrogens (primary N) is 1. The first kappa shape index (κ1) is 14.1. The minimum Gasteiger partial charge on any atom is -0.271 e. The fourth-order valence-electron chi connectivity index (χ4n) is 2.90. The van der Waals surface area contributed by atoms with E-state index in [4.69, 9.17) is 29.0 Å². The van der Waals surface area contributed by atoms with Crippen LogP contribution in [-0.2, 0) is 6.42 Å². The molecule has 0 radical (unpaired) electrons. The molecule has 0 saturated heterocycles. The molecule has 2 rings (SSSR count). The molecule has 1 saturated carbocycles. The minimum atomic E-state index is 0.300. The first-order valence-electron chi connectivity index (χ1n) is 6.50. The molecule has 18 heavy (non-hydrogen) atoms. The van der Waals surface area contributed by atoms with Gasteiger partial charge >= 0.3 is 0 Å². The second-order valence-corrected chi connectivity index (χ2v) is 6.23. The number of benzene rings is 1. The summed E-state index contributed by atoms with van der Waals surface area (Å²) in [7, 11) is 0. The highest BCUT2D eigenvalue weighted by Crippen LogP contribution is 2.34. The Bertz CT molecular complexity index is 409. The summed E-state index contributed by atoms with van der Waals surface area (Å²) in [6.07, 6.45) is 4.67. The van der Waals surface area contributed by atoms with Crippen molar-refractivity contribution in [1.82, 2.24) is 5.43 Å². The molecule has 1 fully saturated rings. The standard InChI is InChI=1S/C14H20Cl2N2/c1-9-2-3-11(6-9)14(18-17)7-10-4-5-12(15)8-13(10)16/h4-5,8-9,11,14,18H,2-3,6-7,17H2,1H3. The fraction of sp³-hybridized carbons (Fsp3) is 0.571. The van der Waals surface area contributed by atoms with Gasteiger partial charge in [0.1, 0.15) is 0 Å². The molecule has 1 aromatic rings. The van der Waals surface area contributed by atoms with E-state index in [1.807, 2.05) is 12.1 Å². The van der Waals surface area contributed by atoms with Gasteiger partial charge in [-0.15, -0.1) is 0 Å². The number of nitrogens with one attached hydrogen (secondary N) is 1. The minimum absolute atomic E-state index is 0.300. The Hall–Kier alpha value is -0.280. The summed E-state index contributed by atoms with van der Waals surface area (Å²) < 4.78 is 0. The van der Waals surface area contributed by atoms with E-state index in [0.29, 0.717) is 17.0 Å². The molecular weight excluding hydrogens is 267 g/mol. The zero-order valence-corrected chi connectivity index (χ0v) is 12.1. The molecule has 3 atom stereocenters. The van der Waals surface area contributed by atoms with Crippen molar-refractivity contribution in [1.29, 1.82) is 0 Å². The normalized spacial score (nSPS) is 25.3. The van der Waals surface area contributed by atoms with Gasteiger partial charge in [0.05, 0.1) is 0 Å². The van der Waals surface area contributed by atoms with Crippen molar-refractivity contribution in [2.45, 2.75) is 38.6 Å². The summed E-state index contributed by atoms with van der Waals surface area (Å²) in [5.74, 6) is 7.17. The Morgan fingerprint density at radius 3 is 2.72 bits per heavy atom. The first-order chi connectivity index (χ1) is 8.60. The topological polar surface area (TPSA) is 38.0 Å².